The minimum absolute atomic E-state index is 0.146. The van der Waals surface area contributed by atoms with E-state index in [4.69, 9.17) is 5.73 Å². The molecule has 0 spiro atoms. The van der Waals surface area contributed by atoms with Crippen LogP contribution in [0.25, 0.3) is 0 Å². The summed E-state index contributed by atoms with van der Waals surface area (Å²) in [6.07, 6.45) is 3.18. The third-order valence-corrected chi connectivity index (χ3v) is 3.16. The highest BCUT2D eigenvalue weighted by atomic mass is 19.1. The van der Waals surface area contributed by atoms with Crippen LogP contribution in [-0.4, -0.2) is 13.1 Å². The van der Waals surface area contributed by atoms with Gasteiger partial charge in [0.15, 0.2) is 0 Å². The maximum Gasteiger partial charge on any atom is 0.146 e. The summed E-state index contributed by atoms with van der Waals surface area (Å²) < 4.78 is 14.0. The molecule has 0 bridgehead atoms. The number of halogens is 1. The van der Waals surface area contributed by atoms with Crippen LogP contribution >= 0.6 is 0 Å². The van der Waals surface area contributed by atoms with Crippen molar-refractivity contribution in [1.29, 1.82) is 0 Å². The first-order valence-corrected chi connectivity index (χ1v) is 6.04. The van der Waals surface area contributed by atoms with Crippen molar-refractivity contribution in [2.45, 2.75) is 26.3 Å². The summed E-state index contributed by atoms with van der Waals surface area (Å²) in [6.45, 7) is 5.63. The van der Waals surface area contributed by atoms with Crippen LogP contribution in [0.4, 0.5) is 10.1 Å². The van der Waals surface area contributed by atoms with Crippen LogP contribution in [0.1, 0.15) is 31.9 Å². The van der Waals surface area contributed by atoms with Crippen LogP contribution in [0.3, 0.4) is 0 Å². The second-order valence-corrected chi connectivity index (χ2v) is 4.73. The van der Waals surface area contributed by atoms with Gasteiger partial charge in [0.2, 0.25) is 0 Å². The summed E-state index contributed by atoms with van der Waals surface area (Å²) in [5.74, 6) is -0.172. The van der Waals surface area contributed by atoms with Crippen molar-refractivity contribution in [2.75, 3.05) is 18.0 Å². The molecule has 1 heterocycles. The Kier molecular flexibility index (Phi) is 3.48. The molecule has 1 atom stereocenters. The van der Waals surface area contributed by atoms with Crippen LogP contribution in [0.2, 0.25) is 0 Å². The molecule has 3 heteroatoms. The molecule has 2 nitrogen and oxygen atoms in total. The third kappa shape index (κ3) is 2.50. The highest BCUT2D eigenvalue weighted by Crippen LogP contribution is 2.30. The van der Waals surface area contributed by atoms with Crippen LogP contribution in [-0.2, 0) is 0 Å². The molecule has 1 unspecified atom stereocenters. The largest absolute Gasteiger partial charge is 0.365 e. The highest BCUT2D eigenvalue weighted by Gasteiger charge is 2.19. The predicted molar refractivity (Wildman–Crippen MR) is 69.6 cm³/mol. The highest BCUT2D eigenvalue weighted by molar-refractivity contribution is 5.57. The summed E-state index contributed by atoms with van der Waals surface area (Å²) in [4.78, 5) is 2.09. The molecule has 0 saturated carbocycles. The molecule has 0 fully saturated rings. The number of nitrogens with two attached hydrogens (primary N) is 1. The van der Waals surface area contributed by atoms with Gasteiger partial charge in [-0.05, 0) is 31.9 Å². The van der Waals surface area contributed by atoms with E-state index in [1.807, 2.05) is 13.0 Å². The first-order valence-electron chi connectivity index (χ1n) is 6.04. The smallest absolute Gasteiger partial charge is 0.146 e. The zero-order valence-electron chi connectivity index (χ0n) is 10.4. The second kappa shape index (κ2) is 4.88. The molecule has 2 N–H and O–H groups in total. The molecular formula is C14H19FN2. The van der Waals surface area contributed by atoms with E-state index in [1.165, 1.54) is 11.6 Å². The minimum Gasteiger partial charge on any atom is -0.365 e. The Morgan fingerprint density at radius 2 is 2.18 bits per heavy atom. The summed E-state index contributed by atoms with van der Waals surface area (Å²) in [6, 6.07) is 5.00. The Balaban J connectivity index is 2.40. The maximum absolute atomic E-state index is 14.0. The van der Waals surface area contributed by atoms with E-state index in [1.54, 1.807) is 6.07 Å². The van der Waals surface area contributed by atoms with Gasteiger partial charge in [-0.1, -0.05) is 23.8 Å². The number of benzene rings is 1. The molecule has 0 radical (unpaired) electrons. The second-order valence-electron chi connectivity index (χ2n) is 4.73. The first kappa shape index (κ1) is 12.1. The van der Waals surface area contributed by atoms with E-state index in [0.717, 1.165) is 25.1 Å². The zero-order valence-corrected chi connectivity index (χ0v) is 10.4. The Morgan fingerprint density at radius 1 is 1.41 bits per heavy atom. The van der Waals surface area contributed by atoms with Gasteiger partial charge < -0.3 is 10.6 Å². The molecule has 92 valence electrons. The van der Waals surface area contributed by atoms with Crippen molar-refractivity contribution in [3.8, 4) is 0 Å². The SMILES string of the molecule is CC1=CCCN(c2c(F)cccc2C(C)N)C1. The Bertz CT molecular complexity index is 438. The number of rotatable bonds is 2. The normalized spacial score (nSPS) is 17.9. The van der Waals surface area contributed by atoms with Gasteiger partial charge in [-0.15, -0.1) is 0 Å². The summed E-state index contributed by atoms with van der Waals surface area (Å²) >= 11 is 0. The van der Waals surface area contributed by atoms with E-state index < -0.39 is 0 Å². The maximum atomic E-state index is 14.0. The topological polar surface area (TPSA) is 29.3 Å². The first-order chi connectivity index (χ1) is 8.09. The van der Waals surface area contributed by atoms with E-state index in [0.29, 0.717) is 5.69 Å². The lowest BCUT2D eigenvalue weighted by Gasteiger charge is -2.31. The quantitative estimate of drug-likeness (QED) is 0.797. The summed E-state index contributed by atoms with van der Waals surface area (Å²) in [5, 5.41) is 0. The van der Waals surface area contributed by atoms with E-state index in [-0.39, 0.29) is 11.9 Å². The number of para-hydroxylation sites is 1. The van der Waals surface area contributed by atoms with E-state index >= 15 is 0 Å². The Hall–Kier alpha value is -1.35. The monoisotopic (exact) mass is 234 g/mol. The lowest BCUT2D eigenvalue weighted by Crippen LogP contribution is -2.31. The van der Waals surface area contributed by atoms with Crippen molar-refractivity contribution < 1.29 is 4.39 Å². The zero-order chi connectivity index (χ0) is 12.4. The molecule has 1 aromatic carbocycles. The van der Waals surface area contributed by atoms with Crippen LogP contribution in [0.15, 0.2) is 29.8 Å². The van der Waals surface area contributed by atoms with Gasteiger partial charge in [0.05, 0.1) is 5.69 Å². The Morgan fingerprint density at radius 3 is 2.82 bits per heavy atom. The number of hydrogen-bond donors (Lipinski definition) is 1. The molecule has 1 aliphatic rings. The molecular weight excluding hydrogens is 215 g/mol. The van der Waals surface area contributed by atoms with E-state index in [9.17, 15) is 4.39 Å². The molecule has 0 amide bonds. The average molecular weight is 234 g/mol. The van der Waals surface area contributed by atoms with Gasteiger partial charge in [-0.3, -0.25) is 0 Å². The van der Waals surface area contributed by atoms with Crippen LogP contribution in [0, 0.1) is 5.82 Å². The lowest BCUT2D eigenvalue weighted by molar-refractivity contribution is 0.610. The van der Waals surface area contributed by atoms with Crippen molar-refractivity contribution in [3.63, 3.8) is 0 Å². The van der Waals surface area contributed by atoms with Crippen LogP contribution in [0.5, 0.6) is 0 Å². The Labute approximate surface area is 102 Å². The predicted octanol–water partition coefficient (Wildman–Crippen LogP) is 3.00. The van der Waals surface area contributed by atoms with Crippen molar-refractivity contribution in [3.05, 3.63) is 41.2 Å². The lowest BCUT2D eigenvalue weighted by atomic mass is 10.0. The van der Waals surface area contributed by atoms with Gasteiger partial charge in [0.25, 0.3) is 0 Å². The molecule has 0 saturated heterocycles. The van der Waals surface area contributed by atoms with Crippen molar-refractivity contribution in [1.82, 2.24) is 0 Å². The van der Waals surface area contributed by atoms with Gasteiger partial charge >= 0.3 is 0 Å². The number of anilines is 1. The van der Waals surface area contributed by atoms with E-state index in [2.05, 4.69) is 17.9 Å². The molecule has 17 heavy (non-hydrogen) atoms. The fourth-order valence-electron chi connectivity index (χ4n) is 2.34. The summed E-state index contributed by atoms with van der Waals surface area (Å²) in [7, 11) is 0. The fourth-order valence-corrected chi connectivity index (χ4v) is 2.34. The fraction of sp³-hybridized carbons (Fsp3) is 0.429. The molecule has 1 aromatic rings. The molecule has 0 aliphatic carbocycles. The van der Waals surface area contributed by atoms with Gasteiger partial charge in [0.1, 0.15) is 5.82 Å². The van der Waals surface area contributed by atoms with Crippen molar-refractivity contribution in [2.24, 2.45) is 5.73 Å². The molecule has 0 aromatic heterocycles. The molecule has 1 aliphatic heterocycles. The molecule has 2 rings (SSSR count). The van der Waals surface area contributed by atoms with Crippen molar-refractivity contribution >= 4 is 5.69 Å². The summed E-state index contributed by atoms with van der Waals surface area (Å²) in [5.41, 5.74) is 8.77. The van der Waals surface area contributed by atoms with Gasteiger partial charge in [0, 0.05) is 19.1 Å². The van der Waals surface area contributed by atoms with Gasteiger partial charge in [-0.25, -0.2) is 4.39 Å². The standard InChI is InChI=1S/C14H19FN2/c1-10-5-4-8-17(9-10)14-12(11(2)16)6-3-7-13(14)15/h3,5-7,11H,4,8-9,16H2,1-2H3. The number of hydrogen-bond acceptors (Lipinski definition) is 2. The third-order valence-electron chi connectivity index (χ3n) is 3.16. The minimum atomic E-state index is -0.172. The van der Waals surface area contributed by atoms with Gasteiger partial charge in [-0.2, -0.15) is 0 Å². The number of nitrogens with zero attached hydrogens (tertiary/aromatic N) is 1. The average Bonchev–Trinajstić information content (AvgIpc) is 2.28. The van der Waals surface area contributed by atoms with Crippen LogP contribution < -0.4 is 10.6 Å².